The lowest BCUT2D eigenvalue weighted by Gasteiger charge is -2.29. The molecule has 0 aliphatic carbocycles. The minimum Gasteiger partial charge on any atom is -0.480 e. The molecule has 10 N–H and O–H groups in total. The van der Waals surface area contributed by atoms with Gasteiger partial charge in [-0.15, -0.1) is 0 Å². The predicted molar refractivity (Wildman–Crippen MR) is 103 cm³/mol. The van der Waals surface area contributed by atoms with Crippen molar-refractivity contribution in [2.24, 2.45) is 10.8 Å². The molecule has 0 heterocycles. The van der Waals surface area contributed by atoms with E-state index >= 15 is 0 Å². The molecular weight excluding hydrogens is 518 g/mol. The van der Waals surface area contributed by atoms with Crippen LogP contribution < -0.4 is 0 Å². The Bertz CT molecular complexity index is 792. The Morgan fingerprint density at radius 3 is 0.706 bits per heavy atom. The van der Waals surface area contributed by atoms with Gasteiger partial charge in [0.15, 0.2) is 0 Å². The van der Waals surface area contributed by atoms with Gasteiger partial charge in [-0.1, -0.05) is 13.8 Å². The van der Waals surface area contributed by atoms with Gasteiger partial charge < -0.3 is 50.2 Å². The molecule has 0 amide bonds. The monoisotopic (exact) mass is 540 g/mol. The fourth-order valence-corrected chi connectivity index (χ4v) is 5.62. The van der Waals surface area contributed by atoms with E-state index in [2.05, 4.69) is 0 Å². The summed E-state index contributed by atoms with van der Waals surface area (Å²) >= 11 is 0. The first kappa shape index (κ1) is 33.3. The van der Waals surface area contributed by atoms with E-state index in [0.717, 1.165) is 13.8 Å². The predicted octanol–water partition coefficient (Wildman–Crippen LogP) is -1.63. The third-order valence-electron chi connectivity index (χ3n) is 4.61. The number of carbonyl (C=O) groups is 6. The lowest BCUT2D eigenvalue weighted by Crippen LogP contribution is -2.54. The van der Waals surface area contributed by atoms with E-state index in [9.17, 15) is 37.9 Å². The van der Waals surface area contributed by atoms with E-state index in [1.807, 2.05) is 0 Å². The van der Waals surface area contributed by atoms with E-state index in [0.29, 0.717) is 0 Å². The quantitative estimate of drug-likeness (QED) is 0.0979. The molecule has 0 aliphatic heterocycles. The van der Waals surface area contributed by atoms with Crippen LogP contribution in [0, 0.1) is 10.8 Å². The molecule has 0 aliphatic rings. The van der Waals surface area contributed by atoms with Crippen molar-refractivity contribution < 1.29 is 88.1 Å². The van der Waals surface area contributed by atoms with Crippen LogP contribution in [-0.2, 0) is 37.9 Å². The van der Waals surface area contributed by atoms with Crippen molar-refractivity contribution >= 4 is 51.0 Å². The molecule has 0 saturated carbocycles. The van der Waals surface area contributed by atoms with Crippen molar-refractivity contribution in [3.8, 4) is 0 Å². The lowest BCUT2D eigenvalue weighted by molar-refractivity contribution is -0.179. The zero-order chi connectivity index (χ0) is 28.0. The van der Waals surface area contributed by atoms with Crippen molar-refractivity contribution in [2.45, 2.75) is 38.0 Å². The maximum absolute atomic E-state index is 11.0. The molecule has 0 fully saturated rings. The molecule has 0 saturated heterocycles. The number of aliphatic carboxylic acids is 6. The molecule has 20 heteroatoms. The van der Waals surface area contributed by atoms with Crippen LogP contribution in [-0.4, -0.2) is 97.3 Å². The van der Waals surface area contributed by atoms with Crippen LogP contribution in [0.5, 0.6) is 0 Å². The largest absolute Gasteiger partial charge is 0.480 e. The molecule has 34 heavy (non-hydrogen) atoms. The van der Waals surface area contributed by atoms with Gasteiger partial charge >= 0.3 is 51.0 Å². The van der Waals surface area contributed by atoms with Crippen molar-refractivity contribution in [3.63, 3.8) is 0 Å². The van der Waals surface area contributed by atoms with Crippen LogP contribution in [0.2, 0.25) is 0 Å². The molecule has 196 valence electrons. The first-order valence-electron chi connectivity index (χ1n) is 8.56. The van der Waals surface area contributed by atoms with Crippen molar-refractivity contribution in [3.05, 3.63) is 0 Å². The highest BCUT2D eigenvalue weighted by Gasteiger charge is 2.65. The Balaban J connectivity index is 0. The topological polar surface area (TPSA) is 339 Å². The Labute approximate surface area is 188 Å². The second-order valence-corrected chi connectivity index (χ2v) is 10.1. The number of hydrogen-bond acceptors (Lipinski definition) is 8. The summed E-state index contributed by atoms with van der Waals surface area (Å²) in [5.74, 6) is -14.0. The third kappa shape index (κ3) is 6.16. The van der Waals surface area contributed by atoms with Gasteiger partial charge in [-0.2, -0.15) is 0 Å². The number of rotatable bonds is 12. The van der Waals surface area contributed by atoms with Gasteiger partial charge in [0.25, 0.3) is 10.8 Å². The Morgan fingerprint density at radius 2 is 0.676 bits per heavy atom. The normalized spacial score (nSPS) is 14.1. The number of hydrogen-bond donors (Lipinski definition) is 10. The molecule has 0 aromatic carbocycles. The molecule has 0 radical (unpaired) electrons. The zero-order valence-electron chi connectivity index (χ0n) is 17.2. The lowest BCUT2D eigenvalue weighted by atomic mass is 9.83. The highest BCUT2D eigenvalue weighted by Crippen LogP contribution is 2.53. The van der Waals surface area contributed by atoms with Gasteiger partial charge in [-0.25, -0.2) is 0 Å². The van der Waals surface area contributed by atoms with Crippen LogP contribution in [0.25, 0.3) is 0 Å². The molecular formula is C14H22O18P2. The molecule has 0 spiro atoms. The zero-order valence-corrected chi connectivity index (χ0v) is 19.0. The van der Waals surface area contributed by atoms with Crippen molar-refractivity contribution in [1.29, 1.82) is 0 Å². The van der Waals surface area contributed by atoms with Crippen LogP contribution >= 0.6 is 15.2 Å². The SMILES string of the molecule is CCC(C(C(=O)O)(C(=O)O)C(=O)O)P(=O)(O)O.CCC(C(C(=O)O)(C(=O)O)C(=O)O)P(=O)(O)O. The summed E-state index contributed by atoms with van der Waals surface area (Å²) in [5.41, 5.74) is -11.8. The Morgan fingerprint density at radius 1 is 0.529 bits per heavy atom. The summed E-state index contributed by atoms with van der Waals surface area (Å²) in [6.45, 7) is 2.18. The van der Waals surface area contributed by atoms with Gasteiger partial charge in [0.1, 0.15) is 0 Å². The molecule has 0 bridgehead atoms. The fourth-order valence-electron chi connectivity index (χ4n) is 3.00. The molecule has 2 atom stereocenters. The molecule has 0 aromatic heterocycles. The van der Waals surface area contributed by atoms with E-state index in [-0.39, 0.29) is 0 Å². The summed E-state index contributed by atoms with van der Waals surface area (Å²) in [7, 11) is -10.4. The average Bonchev–Trinajstić information content (AvgIpc) is 2.59. The van der Waals surface area contributed by atoms with Crippen molar-refractivity contribution in [1.82, 2.24) is 0 Å². The van der Waals surface area contributed by atoms with Gasteiger partial charge in [0.2, 0.25) is 0 Å². The van der Waals surface area contributed by atoms with Crippen LogP contribution in [0.4, 0.5) is 0 Å². The minimum absolute atomic E-state index is 0.616. The fraction of sp³-hybridized carbons (Fsp3) is 0.571. The molecule has 18 nitrogen and oxygen atoms in total. The van der Waals surface area contributed by atoms with Gasteiger partial charge in [-0.05, 0) is 12.8 Å². The first-order valence-corrected chi connectivity index (χ1v) is 11.9. The first-order chi connectivity index (χ1) is 15.0. The molecule has 0 aromatic rings. The molecule has 0 rings (SSSR count). The van der Waals surface area contributed by atoms with Crippen LogP contribution in [0.1, 0.15) is 26.7 Å². The van der Waals surface area contributed by atoms with E-state index in [1.54, 1.807) is 0 Å². The minimum atomic E-state index is -5.20. The van der Waals surface area contributed by atoms with E-state index in [1.165, 1.54) is 0 Å². The van der Waals surface area contributed by atoms with Crippen LogP contribution in [0.15, 0.2) is 0 Å². The number of carboxylic acid groups (broad SMARTS) is 6. The summed E-state index contributed by atoms with van der Waals surface area (Å²) in [5, 5.41) is 52.3. The Hall–Kier alpha value is -2.88. The van der Waals surface area contributed by atoms with Gasteiger partial charge in [-0.3, -0.25) is 37.9 Å². The highest BCUT2D eigenvalue weighted by molar-refractivity contribution is 7.53. The van der Waals surface area contributed by atoms with Crippen LogP contribution in [0.3, 0.4) is 0 Å². The number of carboxylic acids is 6. The van der Waals surface area contributed by atoms with E-state index in [4.69, 9.17) is 50.2 Å². The summed E-state index contributed by atoms with van der Waals surface area (Å²) in [6, 6.07) is 0. The van der Waals surface area contributed by atoms with Crippen molar-refractivity contribution in [2.75, 3.05) is 0 Å². The third-order valence-corrected chi connectivity index (χ3v) is 7.74. The van der Waals surface area contributed by atoms with E-state index < -0.39 is 86.0 Å². The summed E-state index contributed by atoms with van der Waals surface area (Å²) < 4.78 is 22.1. The summed E-state index contributed by atoms with van der Waals surface area (Å²) in [4.78, 5) is 101. The Kier molecular flexibility index (Phi) is 11.3. The highest BCUT2D eigenvalue weighted by atomic mass is 31.2. The van der Waals surface area contributed by atoms with Gasteiger partial charge in [0, 0.05) is 0 Å². The summed E-state index contributed by atoms with van der Waals surface area (Å²) in [6.07, 6.45) is -1.23. The second-order valence-electron chi connectivity index (χ2n) is 6.47. The maximum atomic E-state index is 11.0. The standard InChI is InChI=1S/2C7H11O9P/c2*1-2-3(17(14,15)16)7(4(8)9,5(10)11)6(12)13/h2*3H,2H2,1H3,(H,8,9)(H,10,11)(H,12,13)(H2,14,15,16). The maximum Gasteiger partial charge on any atom is 0.333 e. The van der Waals surface area contributed by atoms with Gasteiger partial charge in [0.05, 0.1) is 11.3 Å². The smallest absolute Gasteiger partial charge is 0.333 e. The average molecular weight is 540 g/mol. The second kappa shape index (κ2) is 11.5. The molecule has 2 unspecified atom stereocenters.